The monoisotopic (exact) mass is 437 g/mol. The molecule has 1 amide bonds. The minimum absolute atomic E-state index is 0.0693. The Morgan fingerprint density at radius 1 is 1.25 bits per heavy atom. The van der Waals surface area contributed by atoms with E-state index in [1.165, 1.54) is 31.4 Å². The number of amides is 1. The molecular formula is C23H21F2N5O2. The van der Waals surface area contributed by atoms with Crippen LogP contribution in [0.1, 0.15) is 28.2 Å². The zero-order valence-electron chi connectivity index (χ0n) is 17.6. The van der Waals surface area contributed by atoms with Gasteiger partial charge in [0.2, 0.25) is 0 Å². The van der Waals surface area contributed by atoms with Crippen molar-refractivity contribution in [2.24, 2.45) is 5.73 Å². The van der Waals surface area contributed by atoms with Crippen LogP contribution in [0.4, 0.5) is 8.78 Å². The highest BCUT2D eigenvalue weighted by Crippen LogP contribution is 2.30. The summed E-state index contributed by atoms with van der Waals surface area (Å²) >= 11 is 0. The smallest absolute Gasteiger partial charge is 0.274 e. The maximum atomic E-state index is 14.5. The molecule has 164 valence electrons. The third-order valence-corrected chi connectivity index (χ3v) is 5.56. The van der Waals surface area contributed by atoms with Crippen molar-refractivity contribution < 1.29 is 18.3 Å². The van der Waals surface area contributed by atoms with Gasteiger partial charge in [0.1, 0.15) is 23.4 Å². The van der Waals surface area contributed by atoms with Crippen molar-refractivity contribution in [2.75, 3.05) is 20.2 Å². The molecule has 3 aromatic rings. The molecular weight excluding hydrogens is 416 g/mol. The molecule has 2 heterocycles. The van der Waals surface area contributed by atoms with E-state index in [1.807, 2.05) is 0 Å². The fraction of sp³-hybridized carbons (Fsp3) is 0.261. The molecule has 0 bridgehead atoms. The number of imidazole rings is 1. The summed E-state index contributed by atoms with van der Waals surface area (Å²) in [5.74, 6) is -1.27. The lowest BCUT2D eigenvalue weighted by molar-refractivity contribution is 0.0785. The van der Waals surface area contributed by atoms with Crippen LogP contribution in [0, 0.1) is 29.9 Å². The number of aromatic nitrogens is 2. The van der Waals surface area contributed by atoms with E-state index in [-0.39, 0.29) is 34.8 Å². The van der Waals surface area contributed by atoms with Gasteiger partial charge < -0.3 is 15.4 Å². The van der Waals surface area contributed by atoms with Gasteiger partial charge in [-0.3, -0.25) is 9.36 Å². The molecule has 1 aliphatic rings. The van der Waals surface area contributed by atoms with Gasteiger partial charge in [0, 0.05) is 30.8 Å². The minimum Gasteiger partial charge on any atom is -0.494 e. The lowest BCUT2D eigenvalue weighted by Crippen LogP contribution is -2.32. The van der Waals surface area contributed by atoms with Gasteiger partial charge in [-0.2, -0.15) is 5.26 Å². The van der Waals surface area contributed by atoms with Crippen LogP contribution in [0.5, 0.6) is 5.75 Å². The maximum absolute atomic E-state index is 14.5. The van der Waals surface area contributed by atoms with Crippen LogP contribution < -0.4 is 10.5 Å². The first-order valence-electron chi connectivity index (χ1n) is 10.0. The highest BCUT2D eigenvalue weighted by atomic mass is 19.1. The van der Waals surface area contributed by atoms with Gasteiger partial charge in [-0.05, 0) is 43.7 Å². The molecule has 1 atom stereocenters. The van der Waals surface area contributed by atoms with Crippen LogP contribution in [-0.2, 0) is 0 Å². The Labute approximate surface area is 183 Å². The number of carbonyl (C=O) groups is 1. The van der Waals surface area contributed by atoms with Crippen LogP contribution in [0.2, 0.25) is 0 Å². The van der Waals surface area contributed by atoms with Gasteiger partial charge in [-0.15, -0.1) is 0 Å². The number of nitrogens with zero attached hydrogens (tertiary/aromatic N) is 4. The normalized spacial score (nSPS) is 15.6. The fourth-order valence-electron chi connectivity index (χ4n) is 3.87. The average Bonchev–Trinajstić information content (AvgIpc) is 3.36. The molecule has 1 fully saturated rings. The summed E-state index contributed by atoms with van der Waals surface area (Å²) < 4.78 is 35.4. The van der Waals surface area contributed by atoms with Gasteiger partial charge in [0.05, 0.1) is 24.1 Å². The van der Waals surface area contributed by atoms with Crippen molar-refractivity contribution >= 4 is 5.91 Å². The summed E-state index contributed by atoms with van der Waals surface area (Å²) in [4.78, 5) is 19.3. The Bertz CT molecular complexity index is 1250. The molecule has 1 aliphatic heterocycles. The maximum Gasteiger partial charge on any atom is 0.274 e. The number of halogens is 2. The second kappa shape index (κ2) is 8.40. The van der Waals surface area contributed by atoms with Crippen molar-refractivity contribution in [3.8, 4) is 28.9 Å². The van der Waals surface area contributed by atoms with E-state index in [9.17, 15) is 13.6 Å². The molecule has 0 aliphatic carbocycles. The van der Waals surface area contributed by atoms with Crippen LogP contribution in [0.25, 0.3) is 17.1 Å². The first-order chi connectivity index (χ1) is 15.3. The topological polar surface area (TPSA) is 97.2 Å². The fourth-order valence-corrected chi connectivity index (χ4v) is 3.87. The van der Waals surface area contributed by atoms with E-state index in [2.05, 4.69) is 4.98 Å². The number of carbonyl (C=O) groups excluding carboxylic acids is 1. The number of likely N-dealkylation sites (tertiary alicyclic amines) is 1. The van der Waals surface area contributed by atoms with E-state index in [4.69, 9.17) is 15.7 Å². The predicted molar refractivity (Wildman–Crippen MR) is 113 cm³/mol. The Hall–Kier alpha value is -3.77. The lowest BCUT2D eigenvalue weighted by atomic mass is 10.1. The second-order valence-electron chi connectivity index (χ2n) is 7.63. The Kier molecular flexibility index (Phi) is 5.63. The van der Waals surface area contributed by atoms with Gasteiger partial charge >= 0.3 is 0 Å². The zero-order chi connectivity index (χ0) is 23.0. The molecule has 0 radical (unpaired) electrons. The molecule has 2 aromatic carbocycles. The van der Waals surface area contributed by atoms with Gasteiger partial charge in [-0.25, -0.2) is 13.8 Å². The highest BCUT2D eigenvalue weighted by molar-refractivity contribution is 5.94. The van der Waals surface area contributed by atoms with E-state index in [1.54, 1.807) is 34.6 Å². The number of benzene rings is 2. The number of hydrogen-bond donors (Lipinski definition) is 1. The molecule has 7 nitrogen and oxygen atoms in total. The van der Waals surface area contributed by atoms with Gasteiger partial charge in [0.25, 0.3) is 5.91 Å². The standard InChI is InChI=1S/C23H21F2N5O2/c1-13-21(23(31)29-8-7-16(27)12-29)28-22(14-3-4-15(11-26)18(24)9-14)30(13)17-5-6-20(32-2)19(25)10-17/h3-6,9-10,16H,7-8,12,27H2,1-2H3/t16-/m1/s1. The summed E-state index contributed by atoms with van der Waals surface area (Å²) in [7, 11) is 1.36. The van der Waals surface area contributed by atoms with Crippen molar-refractivity contribution in [1.82, 2.24) is 14.5 Å². The molecule has 0 unspecified atom stereocenters. The van der Waals surface area contributed by atoms with E-state index < -0.39 is 11.6 Å². The number of rotatable bonds is 4. The summed E-state index contributed by atoms with van der Waals surface area (Å²) in [5, 5.41) is 9.03. The first kappa shape index (κ1) is 21.5. The number of hydrogen-bond acceptors (Lipinski definition) is 5. The molecule has 9 heteroatoms. The number of methoxy groups -OCH3 is 1. The molecule has 4 rings (SSSR count). The van der Waals surface area contributed by atoms with E-state index in [0.29, 0.717) is 36.5 Å². The quantitative estimate of drug-likeness (QED) is 0.676. The molecule has 0 spiro atoms. The Morgan fingerprint density at radius 2 is 2.03 bits per heavy atom. The van der Waals surface area contributed by atoms with E-state index in [0.717, 1.165) is 0 Å². The van der Waals surface area contributed by atoms with Crippen LogP contribution in [0.15, 0.2) is 36.4 Å². The van der Waals surface area contributed by atoms with Crippen molar-refractivity contribution in [1.29, 1.82) is 5.26 Å². The third kappa shape index (κ3) is 3.69. The average molecular weight is 437 g/mol. The molecule has 0 saturated carbocycles. The van der Waals surface area contributed by atoms with E-state index >= 15 is 0 Å². The molecule has 32 heavy (non-hydrogen) atoms. The number of nitriles is 1. The van der Waals surface area contributed by atoms with Crippen molar-refractivity contribution in [3.05, 3.63) is 65.0 Å². The van der Waals surface area contributed by atoms with Crippen LogP contribution in [0.3, 0.4) is 0 Å². The zero-order valence-corrected chi connectivity index (χ0v) is 17.6. The summed E-state index contributed by atoms with van der Waals surface area (Å²) in [5.41, 5.74) is 7.22. The minimum atomic E-state index is -0.712. The van der Waals surface area contributed by atoms with Gasteiger partial charge in [-0.1, -0.05) is 0 Å². The first-order valence-corrected chi connectivity index (χ1v) is 10.0. The van der Waals surface area contributed by atoms with Crippen LogP contribution >= 0.6 is 0 Å². The van der Waals surface area contributed by atoms with Crippen LogP contribution in [-0.4, -0.2) is 46.6 Å². The largest absolute Gasteiger partial charge is 0.494 e. The highest BCUT2D eigenvalue weighted by Gasteiger charge is 2.30. The third-order valence-electron chi connectivity index (χ3n) is 5.56. The Balaban J connectivity index is 1.89. The predicted octanol–water partition coefficient (Wildman–Crippen LogP) is 3.18. The summed E-state index contributed by atoms with van der Waals surface area (Å²) in [6, 6.07) is 10.1. The second-order valence-corrected chi connectivity index (χ2v) is 7.63. The van der Waals surface area contributed by atoms with Crippen molar-refractivity contribution in [2.45, 2.75) is 19.4 Å². The Morgan fingerprint density at radius 3 is 2.62 bits per heavy atom. The van der Waals surface area contributed by atoms with Crippen molar-refractivity contribution in [3.63, 3.8) is 0 Å². The molecule has 1 saturated heterocycles. The van der Waals surface area contributed by atoms with Gasteiger partial charge in [0.15, 0.2) is 11.6 Å². The summed E-state index contributed by atoms with van der Waals surface area (Å²) in [6.45, 7) is 2.63. The lowest BCUT2D eigenvalue weighted by Gasteiger charge is -2.15. The molecule has 2 N–H and O–H groups in total. The molecule has 1 aromatic heterocycles. The summed E-state index contributed by atoms with van der Waals surface area (Å²) in [6.07, 6.45) is 0.697. The number of nitrogens with two attached hydrogens (primary N) is 1. The SMILES string of the molecule is COc1ccc(-n2c(-c3ccc(C#N)c(F)c3)nc(C(=O)N3CC[C@@H](N)C3)c2C)cc1F. The number of ether oxygens (including phenoxy) is 1.